The van der Waals surface area contributed by atoms with Gasteiger partial charge < -0.3 is 10.1 Å². The molecule has 3 aromatic rings. The van der Waals surface area contributed by atoms with E-state index >= 15 is 0 Å². The van der Waals surface area contributed by atoms with Gasteiger partial charge in [-0.2, -0.15) is 0 Å². The summed E-state index contributed by atoms with van der Waals surface area (Å²) < 4.78 is 7.23. The van der Waals surface area contributed by atoms with Crippen LogP contribution >= 0.6 is 23.2 Å². The van der Waals surface area contributed by atoms with Crippen molar-refractivity contribution < 1.29 is 9.53 Å². The van der Waals surface area contributed by atoms with E-state index in [1.54, 1.807) is 0 Å². The number of benzene rings is 2. The first-order valence-corrected chi connectivity index (χ1v) is 9.69. The average Bonchev–Trinajstić information content (AvgIpc) is 2.64. The van der Waals surface area contributed by atoms with E-state index in [9.17, 15) is 14.4 Å². The second kappa shape index (κ2) is 9.15. The Labute approximate surface area is 176 Å². The first kappa shape index (κ1) is 21.0. The van der Waals surface area contributed by atoms with E-state index in [4.69, 9.17) is 27.9 Å². The quantitative estimate of drug-likeness (QED) is 0.596. The van der Waals surface area contributed by atoms with Crippen molar-refractivity contribution in [2.45, 2.75) is 19.9 Å². The molecule has 0 atom stereocenters. The van der Waals surface area contributed by atoms with Crippen molar-refractivity contribution in [2.24, 2.45) is 0 Å². The Morgan fingerprint density at radius 1 is 1.21 bits per heavy atom. The van der Waals surface area contributed by atoms with Gasteiger partial charge in [0.2, 0.25) is 5.91 Å². The van der Waals surface area contributed by atoms with Crippen LogP contribution in [0.3, 0.4) is 0 Å². The minimum atomic E-state index is -0.566. The number of ether oxygens (including phenoxy) is 1. The van der Waals surface area contributed by atoms with E-state index in [-0.39, 0.29) is 29.5 Å². The zero-order valence-electron chi connectivity index (χ0n) is 15.6. The normalized spacial score (nSPS) is 10.9. The summed E-state index contributed by atoms with van der Waals surface area (Å²) in [6.07, 6.45) is 0.614. The first-order chi connectivity index (χ1) is 13.9. The molecule has 0 saturated carbocycles. The lowest BCUT2D eigenvalue weighted by atomic mass is 10.1. The third kappa shape index (κ3) is 4.99. The minimum absolute atomic E-state index is 0.0926. The van der Waals surface area contributed by atoms with Crippen LogP contribution in [0.15, 0.2) is 46.0 Å². The van der Waals surface area contributed by atoms with Gasteiger partial charge in [-0.25, -0.2) is 4.79 Å². The molecule has 7 nitrogen and oxygen atoms in total. The number of aromatic amines is 1. The lowest BCUT2D eigenvalue weighted by Gasteiger charge is -2.14. The summed E-state index contributed by atoms with van der Waals surface area (Å²) in [5, 5.41) is 3.45. The standard InChI is InChI=1S/C20H19Cl2N3O4/c1-12(26)23-7-6-13-4-2-3-5-17(13)29-9-8-25-16-11-14(21)10-15(22)18(16)19(27)24-20(25)28/h2-5,10-11H,6-9H2,1H3,(H,23,26)(H,24,27,28). The van der Waals surface area contributed by atoms with Gasteiger partial charge in [0.25, 0.3) is 5.56 Å². The molecule has 0 spiro atoms. The Hall–Kier alpha value is -2.77. The topological polar surface area (TPSA) is 93.2 Å². The van der Waals surface area contributed by atoms with E-state index in [0.717, 1.165) is 5.56 Å². The molecule has 0 fully saturated rings. The summed E-state index contributed by atoms with van der Waals surface area (Å²) in [6.45, 7) is 2.33. The van der Waals surface area contributed by atoms with Crippen LogP contribution in [-0.2, 0) is 17.8 Å². The van der Waals surface area contributed by atoms with Gasteiger partial charge in [0.05, 0.1) is 22.5 Å². The lowest BCUT2D eigenvalue weighted by molar-refractivity contribution is -0.118. The molecular weight excluding hydrogens is 417 g/mol. The molecular formula is C20H19Cl2N3O4. The Morgan fingerprint density at radius 2 is 1.97 bits per heavy atom. The van der Waals surface area contributed by atoms with Crippen LogP contribution in [0.4, 0.5) is 0 Å². The number of carbonyl (C=O) groups is 1. The highest BCUT2D eigenvalue weighted by Gasteiger charge is 2.12. The van der Waals surface area contributed by atoms with Gasteiger partial charge in [-0.05, 0) is 30.2 Å². The molecule has 0 saturated heterocycles. The summed E-state index contributed by atoms with van der Waals surface area (Å²) in [5.74, 6) is 0.570. The first-order valence-electron chi connectivity index (χ1n) is 8.94. The second-order valence-corrected chi connectivity index (χ2v) is 7.23. The molecule has 0 radical (unpaired) electrons. The Kier molecular flexibility index (Phi) is 6.61. The second-order valence-electron chi connectivity index (χ2n) is 6.38. The van der Waals surface area contributed by atoms with E-state index in [2.05, 4.69) is 10.3 Å². The maximum absolute atomic E-state index is 12.3. The van der Waals surface area contributed by atoms with Crippen molar-refractivity contribution in [2.75, 3.05) is 13.2 Å². The summed E-state index contributed by atoms with van der Waals surface area (Å²) >= 11 is 12.2. The third-order valence-electron chi connectivity index (χ3n) is 4.33. The summed E-state index contributed by atoms with van der Waals surface area (Å²) in [4.78, 5) is 37.7. The fourth-order valence-corrected chi connectivity index (χ4v) is 3.60. The predicted molar refractivity (Wildman–Crippen MR) is 113 cm³/mol. The average molecular weight is 436 g/mol. The SMILES string of the molecule is CC(=O)NCCc1ccccc1OCCn1c(=O)[nH]c(=O)c2c(Cl)cc(Cl)cc21. The monoisotopic (exact) mass is 435 g/mol. The molecule has 0 aliphatic carbocycles. The molecule has 1 heterocycles. The summed E-state index contributed by atoms with van der Waals surface area (Å²) in [5.41, 5.74) is 0.153. The van der Waals surface area contributed by atoms with Gasteiger partial charge in [0.15, 0.2) is 0 Å². The highest BCUT2D eigenvalue weighted by atomic mass is 35.5. The number of halogens is 2. The van der Waals surface area contributed by atoms with E-state index in [0.29, 0.717) is 29.3 Å². The van der Waals surface area contributed by atoms with Crippen LogP contribution in [0.2, 0.25) is 10.0 Å². The number of hydrogen-bond acceptors (Lipinski definition) is 4. The van der Waals surface area contributed by atoms with Gasteiger partial charge in [-0.1, -0.05) is 41.4 Å². The number of nitrogens with one attached hydrogen (secondary N) is 2. The molecule has 1 amide bonds. The number of rotatable bonds is 7. The maximum atomic E-state index is 12.3. The molecule has 29 heavy (non-hydrogen) atoms. The van der Waals surface area contributed by atoms with Crippen LogP contribution in [0.5, 0.6) is 5.75 Å². The Morgan fingerprint density at radius 3 is 2.72 bits per heavy atom. The molecule has 0 aliphatic heterocycles. The van der Waals surface area contributed by atoms with Crippen LogP contribution < -0.4 is 21.3 Å². The van der Waals surface area contributed by atoms with Crippen LogP contribution in [0.25, 0.3) is 10.9 Å². The number of hydrogen-bond donors (Lipinski definition) is 2. The zero-order valence-corrected chi connectivity index (χ0v) is 17.1. The summed E-state index contributed by atoms with van der Waals surface area (Å²) in [6, 6.07) is 10.5. The zero-order chi connectivity index (χ0) is 21.0. The highest BCUT2D eigenvalue weighted by molar-refractivity contribution is 6.38. The molecule has 0 bridgehead atoms. The van der Waals surface area contributed by atoms with Crippen molar-refractivity contribution in [1.82, 2.24) is 14.9 Å². The van der Waals surface area contributed by atoms with Crippen molar-refractivity contribution in [3.63, 3.8) is 0 Å². The fraction of sp³-hybridized carbons (Fsp3) is 0.250. The fourth-order valence-electron chi connectivity index (χ4n) is 3.03. The molecule has 0 aliphatic rings. The Balaban J connectivity index is 1.80. The van der Waals surface area contributed by atoms with Crippen LogP contribution in [-0.4, -0.2) is 28.6 Å². The summed E-state index contributed by atoms with van der Waals surface area (Å²) in [7, 11) is 0. The maximum Gasteiger partial charge on any atom is 0.328 e. The van der Waals surface area contributed by atoms with Crippen LogP contribution in [0, 0.1) is 0 Å². The van der Waals surface area contributed by atoms with Crippen molar-refractivity contribution >= 4 is 40.0 Å². The van der Waals surface area contributed by atoms with Gasteiger partial charge in [-0.3, -0.25) is 19.1 Å². The predicted octanol–water partition coefficient (Wildman–Crippen LogP) is 2.75. The van der Waals surface area contributed by atoms with Gasteiger partial charge >= 0.3 is 5.69 Å². The molecule has 2 aromatic carbocycles. The minimum Gasteiger partial charge on any atom is -0.491 e. The number of aromatic nitrogens is 2. The largest absolute Gasteiger partial charge is 0.491 e. The number of nitrogens with zero attached hydrogens (tertiary/aromatic N) is 1. The number of carbonyl (C=O) groups excluding carboxylic acids is 1. The molecule has 0 unspecified atom stereocenters. The number of amides is 1. The van der Waals surface area contributed by atoms with Crippen LogP contribution in [0.1, 0.15) is 12.5 Å². The molecule has 2 N–H and O–H groups in total. The highest BCUT2D eigenvalue weighted by Crippen LogP contribution is 2.24. The Bertz CT molecular complexity index is 1170. The van der Waals surface area contributed by atoms with E-state index < -0.39 is 11.2 Å². The smallest absolute Gasteiger partial charge is 0.328 e. The third-order valence-corrected chi connectivity index (χ3v) is 4.85. The lowest BCUT2D eigenvalue weighted by Crippen LogP contribution is -2.32. The van der Waals surface area contributed by atoms with Crippen molar-refractivity contribution in [3.05, 3.63) is 72.8 Å². The molecule has 9 heteroatoms. The van der Waals surface area contributed by atoms with Crippen molar-refractivity contribution in [3.8, 4) is 5.75 Å². The van der Waals surface area contributed by atoms with E-state index in [1.807, 2.05) is 24.3 Å². The number of fused-ring (bicyclic) bond motifs is 1. The van der Waals surface area contributed by atoms with Crippen molar-refractivity contribution in [1.29, 1.82) is 0 Å². The van der Waals surface area contributed by atoms with Gasteiger partial charge in [0, 0.05) is 18.5 Å². The van der Waals surface area contributed by atoms with Gasteiger partial charge in [-0.15, -0.1) is 0 Å². The number of H-pyrrole nitrogens is 1. The molecule has 1 aromatic heterocycles. The van der Waals surface area contributed by atoms with E-state index in [1.165, 1.54) is 23.6 Å². The molecule has 152 valence electrons. The van der Waals surface area contributed by atoms with Gasteiger partial charge in [0.1, 0.15) is 12.4 Å². The molecule has 3 rings (SSSR count). The number of para-hydroxylation sites is 1.